The van der Waals surface area contributed by atoms with Gasteiger partial charge in [-0.1, -0.05) is 17.7 Å². The maximum Gasteiger partial charge on any atom is 0.329 e. The molecule has 3 aromatic rings. The summed E-state index contributed by atoms with van der Waals surface area (Å²) in [7, 11) is 4.35. The molecule has 2 amide bonds. The number of benzene rings is 3. The van der Waals surface area contributed by atoms with Crippen molar-refractivity contribution < 1.29 is 32.9 Å². The molecule has 9 nitrogen and oxygen atoms in total. The summed E-state index contributed by atoms with van der Waals surface area (Å²) in [5, 5.41) is 6.49. The van der Waals surface area contributed by atoms with Crippen LogP contribution in [-0.2, 0) is 16.2 Å². The fraction of sp³-hybridized carbons (Fsp3) is 0.160. The molecule has 0 spiro atoms. The molecule has 11 heteroatoms. The van der Waals surface area contributed by atoms with E-state index in [2.05, 4.69) is 15.8 Å². The smallest absolute Gasteiger partial charge is 0.329 e. The van der Waals surface area contributed by atoms with Crippen molar-refractivity contribution in [2.75, 3.05) is 26.6 Å². The Morgan fingerprint density at radius 2 is 1.69 bits per heavy atom. The second-order valence-corrected chi connectivity index (χ2v) is 7.53. The Labute approximate surface area is 211 Å². The lowest BCUT2D eigenvalue weighted by Crippen LogP contribution is -2.32. The maximum atomic E-state index is 14.0. The third-order valence-electron chi connectivity index (χ3n) is 4.86. The zero-order chi connectivity index (χ0) is 26.1. The molecule has 0 aliphatic carbocycles. The highest BCUT2D eigenvalue weighted by Gasteiger charge is 2.16. The van der Waals surface area contributed by atoms with Crippen molar-refractivity contribution in [3.8, 4) is 23.0 Å². The molecular weight excluding hydrogens is 493 g/mol. The lowest BCUT2D eigenvalue weighted by molar-refractivity contribution is -0.136. The molecular formula is C25H23ClFN3O6. The number of amides is 2. The molecule has 0 fully saturated rings. The van der Waals surface area contributed by atoms with Crippen LogP contribution in [0.4, 0.5) is 10.1 Å². The number of methoxy groups -OCH3 is 3. The molecule has 0 aliphatic heterocycles. The average Bonchev–Trinajstić information content (AvgIpc) is 2.88. The van der Waals surface area contributed by atoms with Gasteiger partial charge in [-0.25, -0.2) is 9.82 Å². The van der Waals surface area contributed by atoms with Gasteiger partial charge < -0.3 is 24.3 Å². The molecule has 0 radical (unpaired) electrons. The molecule has 0 aromatic heterocycles. The van der Waals surface area contributed by atoms with Crippen LogP contribution >= 0.6 is 11.6 Å². The van der Waals surface area contributed by atoms with E-state index in [1.165, 1.54) is 45.7 Å². The molecule has 3 aromatic carbocycles. The van der Waals surface area contributed by atoms with E-state index in [-0.39, 0.29) is 22.9 Å². The lowest BCUT2D eigenvalue weighted by atomic mass is 10.2. The molecule has 188 valence electrons. The SMILES string of the molecule is COc1ccc(OC)c(NC(=O)C(=O)N/N=C/c2ccc(OCc3c(F)cccc3Cl)c(OC)c2)c1. The number of carbonyl (C=O) groups is 2. The first-order chi connectivity index (χ1) is 17.4. The summed E-state index contributed by atoms with van der Waals surface area (Å²) >= 11 is 6.03. The van der Waals surface area contributed by atoms with Crippen LogP contribution in [0.2, 0.25) is 5.02 Å². The largest absolute Gasteiger partial charge is 0.497 e. The molecule has 0 bridgehead atoms. The molecule has 2 N–H and O–H groups in total. The third kappa shape index (κ3) is 6.63. The molecule has 0 heterocycles. The fourth-order valence-electron chi connectivity index (χ4n) is 3.01. The van der Waals surface area contributed by atoms with Gasteiger partial charge >= 0.3 is 11.8 Å². The number of rotatable bonds is 9. The van der Waals surface area contributed by atoms with Crippen LogP contribution in [-0.4, -0.2) is 39.4 Å². The van der Waals surface area contributed by atoms with Crippen LogP contribution in [0.1, 0.15) is 11.1 Å². The monoisotopic (exact) mass is 515 g/mol. The van der Waals surface area contributed by atoms with E-state index in [0.29, 0.717) is 28.6 Å². The first-order valence-electron chi connectivity index (χ1n) is 10.5. The van der Waals surface area contributed by atoms with E-state index < -0.39 is 17.6 Å². The van der Waals surface area contributed by atoms with Gasteiger partial charge in [0.05, 0.1) is 38.3 Å². The fourth-order valence-corrected chi connectivity index (χ4v) is 3.23. The Balaban J connectivity index is 1.61. The minimum Gasteiger partial charge on any atom is -0.497 e. The van der Waals surface area contributed by atoms with Gasteiger partial charge in [-0.3, -0.25) is 9.59 Å². The number of halogens is 2. The standard InChI is InChI=1S/C25H23ClFN3O6/c1-33-16-8-10-21(34-2)20(12-16)29-24(31)25(32)30-28-13-15-7-9-22(23(11-15)35-3)36-14-17-18(26)5-4-6-19(17)27/h4-13H,14H2,1-3H3,(H,29,31)(H,30,32)/b28-13+. The highest BCUT2D eigenvalue weighted by Crippen LogP contribution is 2.30. The summed E-state index contributed by atoms with van der Waals surface area (Å²) in [5.41, 5.74) is 3.17. The predicted octanol–water partition coefficient (Wildman–Crippen LogP) is 4.17. The molecule has 0 saturated carbocycles. The summed E-state index contributed by atoms with van der Waals surface area (Å²) in [4.78, 5) is 24.4. The summed E-state index contributed by atoms with van der Waals surface area (Å²) in [6, 6.07) is 14.0. The Hall–Kier alpha value is -4.31. The van der Waals surface area contributed by atoms with Crippen molar-refractivity contribution in [2.45, 2.75) is 6.61 Å². The quantitative estimate of drug-likeness (QED) is 0.251. The molecule has 0 unspecified atom stereocenters. The highest BCUT2D eigenvalue weighted by atomic mass is 35.5. The topological polar surface area (TPSA) is 107 Å². The minimum absolute atomic E-state index is 0.0987. The van der Waals surface area contributed by atoms with Crippen LogP contribution in [0.15, 0.2) is 59.7 Å². The van der Waals surface area contributed by atoms with Gasteiger partial charge in [-0.2, -0.15) is 5.10 Å². The normalized spacial score (nSPS) is 10.6. The van der Waals surface area contributed by atoms with Gasteiger partial charge in [-0.15, -0.1) is 0 Å². The van der Waals surface area contributed by atoms with Crippen molar-refractivity contribution in [2.24, 2.45) is 5.10 Å². The number of nitrogens with one attached hydrogen (secondary N) is 2. The van der Waals surface area contributed by atoms with Crippen LogP contribution in [0.25, 0.3) is 0 Å². The number of nitrogens with zero attached hydrogens (tertiary/aromatic N) is 1. The number of ether oxygens (including phenoxy) is 4. The van der Waals surface area contributed by atoms with Crippen LogP contribution < -0.4 is 29.7 Å². The van der Waals surface area contributed by atoms with Gasteiger partial charge in [0.15, 0.2) is 11.5 Å². The van der Waals surface area contributed by atoms with Gasteiger partial charge in [-0.05, 0) is 48.0 Å². The summed E-state index contributed by atoms with van der Waals surface area (Å²) in [5.74, 6) is -0.897. The van der Waals surface area contributed by atoms with Crippen LogP contribution in [0.3, 0.4) is 0 Å². The van der Waals surface area contributed by atoms with Crippen LogP contribution in [0, 0.1) is 5.82 Å². The van der Waals surface area contributed by atoms with E-state index in [4.69, 9.17) is 30.5 Å². The first kappa shape index (κ1) is 26.3. The van der Waals surface area contributed by atoms with Gasteiger partial charge in [0.2, 0.25) is 0 Å². The number of hydrogen-bond acceptors (Lipinski definition) is 7. The molecule has 3 rings (SSSR count). The molecule has 36 heavy (non-hydrogen) atoms. The Morgan fingerprint density at radius 3 is 2.39 bits per heavy atom. The number of anilines is 1. The van der Waals surface area contributed by atoms with Crippen molar-refractivity contribution in [3.63, 3.8) is 0 Å². The van der Waals surface area contributed by atoms with Crippen molar-refractivity contribution in [1.29, 1.82) is 0 Å². The van der Waals surface area contributed by atoms with E-state index in [1.54, 1.807) is 36.4 Å². The Bertz CT molecular complexity index is 1260. The number of hydrazone groups is 1. The first-order valence-corrected chi connectivity index (χ1v) is 10.8. The molecule has 0 atom stereocenters. The second kappa shape index (κ2) is 12.4. The molecule has 0 aliphatic rings. The highest BCUT2D eigenvalue weighted by molar-refractivity contribution is 6.39. The zero-order valence-corrected chi connectivity index (χ0v) is 20.4. The van der Waals surface area contributed by atoms with Gasteiger partial charge in [0.1, 0.15) is 23.9 Å². The van der Waals surface area contributed by atoms with Gasteiger partial charge in [0, 0.05) is 11.6 Å². The predicted molar refractivity (Wildman–Crippen MR) is 133 cm³/mol. The van der Waals surface area contributed by atoms with Crippen molar-refractivity contribution in [3.05, 3.63) is 76.6 Å². The summed E-state index contributed by atoms with van der Waals surface area (Å²) in [6.45, 7) is -0.0987. The maximum absolute atomic E-state index is 14.0. The van der Waals surface area contributed by atoms with E-state index in [9.17, 15) is 14.0 Å². The Morgan fingerprint density at radius 1 is 0.944 bits per heavy atom. The van der Waals surface area contributed by atoms with E-state index >= 15 is 0 Å². The number of hydrogen-bond donors (Lipinski definition) is 2. The summed E-state index contributed by atoms with van der Waals surface area (Å²) < 4.78 is 35.2. The minimum atomic E-state index is -0.996. The average molecular weight is 516 g/mol. The van der Waals surface area contributed by atoms with Crippen molar-refractivity contribution in [1.82, 2.24) is 5.43 Å². The van der Waals surface area contributed by atoms with E-state index in [1.807, 2.05) is 0 Å². The molecule has 0 saturated heterocycles. The summed E-state index contributed by atoms with van der Waals surface area (Å²) in [6.07, 6.45) is 1.32. The van der Waals surface area contributed by atoms with E-state index in [0.717, 1.165) is 0 Å². The third-order valence-corrected chi connectivity index (χ3v) is 5.22. The van der Waals surface area contributed by atoms with Crippen molar-refractivity contribution >= 4 is 35.3 Å². The zero-order valence-electron chi connectivity index (χ0n) is 19.6. The number of carbonyl (C=O) groups excluding carboxylic acids is 2. The van der Waals surface area contributed by atoms with Crippen LogP contribution in [0.5, 0.6) is 23.0 Å². The Kier molecular flexibility index (Phi) is 9.07. The second-order valence-electron chi connectivity index (χ2n) is 7.12. The van der Waals surface area contributed by atoms with Gasteiger partial charge in [0.25, 0.3) is 0 Å². The lowest BCUT2D eigenvalue weighted by Gasteiger charge is -2.12.